The normalized spacial score (nSPS) is 14.2. The van der Waals surface area contributed by atoms with Crippen molar-refractivity contribution < 1.29 is 9.34 Å². The van der Waals surface area contributed by atoms with E-state index in [9.17, 15) is 14.9 Å². The molecule has 0 fully saturated rings. The summed E-state index contributed by atoms with van der Waals surface area (Å²) in [6, 6.07) is 10.00. The Morgan fingerprint density at radius 2 is 2.08 bits per heavy atom. The van der Waals surface area contributed by atoms with Crippen molar-refractivity contribution in [3.05, 3.63) is 80.0 Å². The molecule has 132 valence electrons. The molecular formula is C18H16N4O4. The van der Waals surface area contributed by atoms with Gasteiger partial charge in [-0.15, -0.1) is 0 Å². The highest BCUT2D eigenvalue weighted by atomic mass is 16.6. The SMILES string of the molecule is O=c1[nH]c(-c2ccco2)nc2c1CN(Cc1ccc([N+](=O)[O-])cc1)CC2. The number of benzene rings is 1. The second-order valence-electron chi connectivity index (χ2n) is 6.20. The number of nitrogens with zero attached hydrogens (tertiary/aromatic N) is 3. The number of hydrogen-bond donors (Lipinski definition) is 1. The van der Waals surface area contributed by atoms with Gasteiger partial charge >= 0.3 is 0 Å². The van der Waals surface area contributed by atoms with E-state index in [0.717, 1.165) is 17.8 Å². The molecule has 3 heterocycles. The van der Waals surface area contributed by atoms with Gasteiger partial charge in [0, 0.05) is 38.2 Å². The van der Waals surface area contributed by atoms with Gasteiger partial charge in [0.05, 0.1) is 22.4 Å². The summed E-state index contributed by atoms with van der Waals surface area (Å²) in [4.78, 5) is 32.2. The van der Waals surface area contributed by atoms with Gasteiger partial charge in [-0.3, -0.25) is 19.8 Å². The summed E-state index contributed by atoms with van der Waals surface area (Å²) in [5.41, 5.74) is 2.34. The summed E-state index contributed by atoms with van der Waals surface area (Å²) in [6.45, 7) is 1.88. The summed E-state index contributed by atoms with van der Waals surface area (Å²) in [5.74, 6) is 0.987. The summed E-state index contributed by atoms with van der Waals surface area (Å²) >= 11 is 0. The second kappa shape index (κ2) is 6.57. The molecule has 0 atom stereocenters. The van der Waals surface area contributed by atoms with Gasteiger partial charge in [0.1, 0.15) is 0 Å². The minimum Gasteiger partial charge on any atom is -0.461 e. The molecule has 0 saturated carbocycles. The zero-order valence-corrected chi connectivity index (χ0v) is 13.8. The molecule has 8 nitrogen and oxygen atoms in total. The first-order valence-corrected chi connectivity index (χ1v) is 8.22. The maximum absolute atomic E-state index is 12.5. The minimum atomic E-state index is -0.414. The molecule has 0 unspecified atom stereocenters. The van der Waals surface area contributed by atoms with Crippen molar-refractivity contribution in [2.45, 2.75) is 19.5 Å². The van der Waals surface area contributed by atoms with Crippen LogP contribution in [0.5, 0.6) is 0 Å². The second-order valence-corrected chi connectivity index (χ2v) is 6.20. The molecular weight excluding hydrogens is 336 g/mol. The van der Waals surface area contributed by atoms with Crippen molar-refractivity contribution in [2.75, 3.05) is 6.54 Å². The molecule has 0 bridgehead atoms. The van der Waals surface area contributed by atoms with E-state index in [1.54, 1.807) is 30.5 Å². The molecule has 1 N–H and O–H groups in total. The van der Waals surface area contributed by atoms with Crippen molar-refractivity contribution in [3.63, 3.8) is 0 Å². The third-order valence-corrected chi connectivity index (χ3v) is 4.46. The molecule has 8 heteroatoms. The van der Waals surface area contributed by atoms with E-state index in [2.05, 4.69) is 14.9 Å². The molecule has 2 aromatic heterocycles. The number of nitrogens with one attached hydrogen (secondary N) is 1. The van der Waals surface area contributed by atoms with E-state index >= 15 is 0 Å². The maximum atomic E-state index is 12.5. The fraction of sp³-hybridized carbons (Fsp3) is 0.222. The van der Waals surface area contributed by atoms with Crippen LogP contribution in [-0.4, -0.2) is 26.3 Å². The van der Waals surface area contributed by atoms with Gasteiger partial charge in [-0.2, -0.15) is 0 Å². The first-order chi connectivity index (χ1) is 12.6. The molecule has 0 spiro atoms. The van der Waals surface area contributed by atoms with Crippen molar-refractivity contribution in [2.24, 2.45) is 0 Å². The van der Waals surface area contributed by atoms with E-state index in [1.807, 2.05) is 0 Å². The molecule has 26 heavy (non-hydrogen) atoms. The predicted octanol–water partition coefficient (Wildman–Crippen LogP) is 2.50. The van der Waals surface area contributed by atoms with Crippen LogP contribution in [0.4, 0.5) is 5.69 Å². The van der Waals surface area contributed by atoms with Gasteiger partial charge in [0.15, 0.2) is 11.6 Å². The van der Waals surface area contributed by atoms with E-state index < -0.39 is 4.92 Å². The van der Waals surface area contributed by atoms with Gasteiger partial charge < -0.3 is 9.40 Å². The quantitative estimate of drug-likeness (QED) is 0.571. The Balaban J connectivity index is 1.53. The molecule has 1 aliphatic rings. The van der Waals surface area contributed by atoms with Crippen LogP contribution in [0.1, 0.15) is 16.8 Å². The molecule has 4 rings (SSSR count). The Morgan fingerprint density at radius 1 is 1.27 bits per heavy atom. The summed E-state index contributed by atoms with van der Waals surface area (Å²) < 4.78 is 5.30. The first kappa shape index (κ1) is 16.2. The lowest BCUT2D eigenvalue weighted by Gasteiger charge is -2.27. The molecule has 0 saturated heterocycles. The third kappa shape index (κ3) is 3.14. The Kier molecular flexibility index (Phi) is 4.10. The highest BCUT2D eigenvalue weighted by Crippen LogP contribution is 2.21. The Hall–Kier alpha value is -3.26. The van der Waals surface area contributed by atoms with Crippen molar-refractivity contribution >= 4 is 5.69 Å². The average Bonchev–Trinajstić information content (AvgIpc) is 3.17. The molecule has 0 amide bonds. The number of H-pyrrole nitrogens is 1. The zero-order chi connectivity index (χ0) is 18.1. The molecule has 0 aliphatic carbocycles. The van der Waals surface area contributed by atoms with Crippen LogP contribution in [0.25, 0.3) is 11.6 Å². The van der Waals surface area contributed by atoms with Crippen LogP contribution in [0.2, 0.25) is 0 Å². The van der Waals surface area contributed by atoms with Gasteiger partial charge in [-0.25, -0.2) is 4.98 Å². The van der Waals surface area contributed by atoms with Crippen LogP contribution in [0.15, 0.2) is 51.9 Å². The highest BCUT2D eigenvalue weighted by molar-refractivity contribution is 5.47. The van der Waals surface area contributed by atoms with Gasteiger partial charge in [-0.05, 0) is 17.7 Å². The van der Waals surface area contributed by atoms with E-state index in [-0.39, 0.29) is 11.2 Å². The van der Waals surface area contributed by atoms with Crippen molar-refractivity contribution in [3.8, 4) is 11.6 Å². The van der Waals surface area contributed by atoms with Gasteiger partial charge in [0.2, 0.25) is 0 Å². The number of hydrogen-bond acceptors (Lipinski definition) is 6. The lowest BCUT2D eigenvalue weighted by atomic mass is 10.1. The van der Waals surface area contributed by atoms with Gasteiger partial charge in [0.25, 0.3) is 11.2 Å². The number of furan rings is 1. The number of nitro benzene ring substituents is 1. The van der Waals surface area contributed by atoms with Crippen LogP contribution in [0, 0.1) is 10.1 Å². The number of nitro groups is 1. The zero-order valence-electron chi connectivity index (χ0n) is 13.8. The number of fused-ring (bicyclic) bond motifs is 1. The summed E-state index contributed by atoms with van der Waals surface area (Å²) in [5, 5.41) is 10.7. The molecule has 1 aromatic carbocycles. The van der Waals surface area contributed by atoms with Crippen molar-refractivity contribution in [1.29, 1.82) is 0 Å². The van der Waals surface area contributed by atoms with Gasteiger partial charge in [-0.1, -0.05) is 12.1 Å². The van der Waals surface area contributed by atoms with E-state index in [4.69, 9.17) is 4.42 Å². The van der Waals surface area contributed by atoms with Crippen molar-refractivity contribution in [1.82, 2.24) is 14.9 Å². The summed E-state index contributed by atoms with van der Waals surface area (Å²) in [7, 11) is 0. The lowest BCUT2D eigenvalue weighted by Crippen LogP contribution is -2.35. The number of aromatic nitrogens is 2. The monoisotopic (exact) mass is 352 g/mol. The average molecular weight is 352 g/mol. The maximum Gasteiger partial charge on any atom is 0.269 e. The molecule has 3 aromatic rings. The number of aromatic amines is 1. The Bertz CT molecular complexity index is 993. The first-order valence-electron chi connectivity index (χ1n) is 8.22. The van der Waals surface area contributed by atoms with E-state index in [1.165, 1.54) is 12.1 Å². The van der Waals surface area contributed by atoms with Crippen LogP contribution >= 0.6 is 0 Å². The molecule has 1 aliphatic heterocycles. The minimum absolute atomic E-state index is 0.0730. The Labute approximate surface area is 148 Å². The molecule has 0 radical (unpaired) electrons. The largest absolute Gasteiger partial charge is 0.461 e. The predicted molar refractivity (Wildman–Crippen MR) is 93.5 cm³/mol. The standard InChI is InChI=1S/C18H16N4O4/c23-18-14-11-21(10-12-3-5-13(6-4-12)22(24)25)8-7-15(14)19-17(20-18)16-2-1-9-26-16/h1-6,9H,7-8,10-11H2,(H,19,20,23). The lowest BCUT2D eigenvalue weighted by molar-refractivity contribution is -0.384. The van der Waals surface area contributed by atoms with E-state index in [0.29, 0.717) is 36.7 Å². The Morgan fingerprint density at radius 3 is 2.77 bits per heavy atom. The number of rotatable bonds is 4. The number of non-ortho nitro benzene ring substituents is 1. The summed E-state index contributed by atoms with van der Waals surface area (Å²) in [6.07, 6.45) is 2.21. The fourth-order valence-electron chi connectivity index (χ4n) is 3.13. The topological polar surface area (TPSA) is 105 Å². The van der Waals surface area contributed by atoms with Crippen LogP contribution in [0.3, 0.4) is 0 Å². The highest BCUT2D eigenvalue weighted by Gasteiger charge is 2.22. The van der Waals surface area contributed by atoms with Crippen LogP contribution < -0.4 is 5.56 Å². The fourth-order valence-corrected chi connectivity index (χ4v) is 3.13. The third-order valence-electron chi connectivity index (χ3n) is 4.46. The smallest absolute Gasteiger partial charge is 0.269 e. The van der Waals surface area contributed by atoms with Crippen LogP contribution in [-0.2, 0) is 19.5 Å².